The number of amides is 2. The molecule has 0 saturated heterocycles. The van der Waals surface area contributed by atoms with Crippen LogP contribution in [0.25, 0.3) is 0 Å². The third-order valence-electron chi connectivity index (χ3n) is 5.66. The van der Waals surface area contributed by atoms with Crippen molar-refractivity contribution in [3.63, 3.8) is 0 Å². The van der Waals surface area contributed by atoms with Gasteiger partial charge in [-0.1, -0.05) is 19.3 Å². The highest BCUT2D eigenvalue weighted by Gasteiger charge is 2.42. The molecule has 2 saturated carbocycles. The lowest BCUT2D eigenvalue weighted by Crippen LogP contribution is -2.49. The molecule has 0 heterocycles. The number of aliphatic imine (C=N–C) groups is 1. The Morgan fingerprint density at radius 3 is 2.23 bits per heavy atom. The summed E-state index contributed by atoms with van der Waals surface area (Å²) in [6.07, 6.45) is 8.17. The van der Waals surface area contributed by atoms with Gasteiger partial charge in [-0.05, 0) is 32.1 Å². The fraction of sp³-hybridized carbons (Fsp3) is 0.842. The zero-order valence-corrected chi connectivity index (χ0v) is 16.6. The predicted molar refractivity (Wildman–Crippen MR) is 104 cm³/mol. The van der Waals surface area contributed by atoms with E-state index in [0.717, 1.165) is 51.5 Å². The second-order valence-electron chi connectivity index (χ2n) is 7.81. The summed E-state index contributed by atoms with van der Waals surface area (Å²) in [7, 11) is 5.39. The number of guanidine groups is 1. The standard InChI is InChI=1S/C19H35N5O2/c1-20-18(22-13-7-12-21-16(25)15-8-6-9-15)23-14-19(10-4-5-11-19)17(26)24(2)3/h15H,4-14H2,1-3H3,(H,21,25)(H2,20,22,23). The van der Waals surface area contributed by atoms with Crippen LogP contribution in [0.15, 0.2) is 4.99 Å². The summed E-state index contributed by atoms with van der Waals surface area (Å²) in [4.78, 5) is 30.3. The molecule has 0 bridgehead atoms. The average molecular weight is 366 g/mol. The number of carbonyl (C=O) groups excluding carboxylic acids is 2. The smallest absolute Gasteiger partial charge is 0.230 e. The van der Waals surface area contributed by atoms with Crippen LogP contribution >= 0.6 is 0 Å². The van der Waals surface area contributed by atoms with Crippen molar-refractivity contribution in [2.75, 3.05) is 40.8 Å². The fourth-order valence-corrected chi connectivity index (χ4v) is 3.79. The Morgan fingerprint density at radius 2 is 1.69 bits per heavy atom. The van der Waals surface area contributed by atoms with Crippen LogP contribution in [0.3, 0.4) is 0 Å². The molecule has 0 aromatic rings. The Bertz CT molecular complexity index is 508. The molecule has 3 N–H and O–H groups in total. The lowest BCUT2D eigenvalue weighted by Gasteiger charge is -2.31. The maximum Gasteiger partial charge on any atom is 0.230 e. The summed E-state index contributed by atoms with van der Waals surface area (Å²) in [6.45, 7) is 2.03. The molecule has 0 spiro atoms. The van der Waals surface area contributed by atoms with E-state index in [9.17, 15) is 9.59 Å². The monoisotopic (exact) mass is 365 g/mol. The Morgan fingerprint density at radius 1 is 1.04 bits per heavy atom. The molecule has 2 aliphatic carbocycles. The molecular weight excluding hydrogens is 330 g/mol. The second-order valence-corrected chi connectivity index (χ2v) is 7.81. The Hall–Kier alpha value is -1.79. The van der Waals surface area contributed by atoms with Gasteiger partial charge in [0.2, 0.25) is 11.8 Å². The highest BCUT2D eigenvalue weighted by Crippen LogP contribution is 2.38. The van der Waals surface area contributed by atoms with Crippen molar-refractivity contribution < 1.29 is 9.59 Å². The van der Waals surface area contributed by atoms with E-state index in [4.69, 9.17) is 0 Å². The molecule has 2 amide bonds. The van der Waals surface area contributed by atoms with Crippen LogP contribution < -0.4 is 16.0 Å². The lowest BCUT2D eigenvalue weighted by molar-refractivity contribution is -0.138. The van der Waals surface area contributed by atoms with E-state index >= 15 is 0 Å². The largest absolute Gasteiger partial charge is 0.356 e. The quantitative estimate of drug-likeness (QED) is 0.342. The molecule has 2 rings (SSSR count). The molecule has 7 nitrogen and oxygen atoms in total. The molecule has 2 fully saturated rings. The van der Waals surface area contributed by atoms with Crippen LogP contribution in [0.2, 0.25) is 0 Å². The van der Waals surface area contributed by atoms with E-state index in [1.54, 1.807) is 11.9 Å². The maximum atomic E-state index is 12.6. The minimum Gasteiger partial charge on any atom is -0.356 e. The topological polar surface area (TPSA) is 85.8 Å². The molecular formula is C19H35N5O2. The van der Waals surface area contributed by atoms with E-state index in [1.165, 1.54) is 6.42 Å². The minimum absolute atomic E-state index is 0.198. The van der Waals surface area contributed by atoms with Gasteiger partial charge >= 0.3 is 0 Å². The number of carbonyl (C=O) groups is 2. The summed E-state index contributed by atoms with van der Waals surface area (Å²) in [6, 6.07) is 0. The van der Waals surface area contributed by atoms with Crippen molar-refractivity contribution in [3.05, 3.63) is 0 Å². The molecule has 0 aliphatic heterocycles. The summed E-state index contributed by atoms with van der Waals surface area (Å²) in [5.74, 6) is 1.36. The molecule has 26 heavy (non-hydrogen) atoms. The number of rotatable bonds is 8. The van der Waals surface area contributed by atoms with Crippen molar-refractivity contribution in [2.45, 2.75) is 51.4 Å². The summed E-state index contributed by atoms with van der Waals surface area (Å²) >= 11 is 0. The van der Waals surface area contributed by atoms with Gasteiger partial charge < -0.3 is 20.9 Å². The summed E-state index contributed by atoms with van der Waals surface area (Å²) in [5.41, 5.74) is -0.308. The van der Waals surface area contributed by atoms with Gasteiger partial charge in [-0.25, -0.2) is 0 Å². The molecule has 148 valence electrons. The lowest BCUT2D eigenvalue weighted by atomic mass is 9.84. The van der Waals surface area contributed by atoms with Gasteiger partial charge in [-0.15, -0.1) is 0 Å². The highest BCUT2D eigenvalue weighted by atomic mass is 16.2. The van der Waals surface area contributed by atoms with Gasteiger partial charge in [0, 0.05) is 46.7 Å². The van der Waals surface area contributed by atoms with E-state index in [0.29, 0.717) is 19.0 Å². The zero-order valence-electron chi connectivity index (χ0n) is 16.6. The maximum absolute atomic E-state index is 12.6. The van der Waals surface area contributed by atoms with Crippen molar-refractivity contribution in [2.24, 2.45) is 16.3 Å². The number of hydrogen-bond donors (Lipinski definition) is 3. The van der Waals surface area contributed by atoms with E-state index in [1.807, 2.05) is 14.1 Å². The summed E-state index contributed by atoms with van der Waals surface area (Å²) < 4.78 is 0. The van der Waals surface area contributed by atoms with Gasteiger partial charge in [0.1, 0.15) is 0 Å². The van der Waals surface area contributed by atoms with Crippen LogP contribution in [0.5, 0.6) is 0 Å². The Kier molecular flexibility index (Phi) is 7.72. The molecule has 0 unspecified atom stereocenters. The third kappa shape index (κ3) is 5.35. The molecule has 2 aliphatic rings. The first-order valence-corrected chi connectivity index (χ1v) is 9.92. The van der Waals surface area contributed by atoms with Crippen molar-refractivity contribution in [3.8, 4) is 0 Å². The predicted octanol–water partition coefficient (Wildman–Crippen LogP) is 1.11. The molecule has 0 atom stereocenters. The first-order valence-electron chi connectivity index (χ1n) is 9.92. The van der Waals surface area contributed by atoms with Crippen molar-refractivity contribution >= 4 is 17.8 Å². The van der Waals surface area contributed by atoms with E-state index in [2.05, 4.69) is 20.9 Å². The molecule has 0 aromatic carbocycles. The number of nitrogens with zero attached hydrogens (tertiary/aromatic N) is 2. The molecule has 0 radical (unpaired) electrons. The van der Waals surface area contributed by atoms with Gasteiger partial charge in [-0.2, -0.15) is 0 Å². The third-order valence-corrected chi connectivity index (χ3v) is 5.66. The van der Waals surface area contributed by atoms with Crippen LogP contribution in [-0.2, 0) is 9.59 Å². The SMILES string of the molecule is CN=C(NCCCNC(=O)C1CCC1)NCC1(C(=O)N(C)C)CCCC1. The van der Waals surface area contributed by atoms with Crippen LogP contribution in [-0.4, -0.2) is 63.5 Å². The van der Waals surface area contributed by atoms with Gasteiger partial charge in [0.05, 0.1) is 5.41 Å². The van der Waals surface area contributed by atoms with Gasteiger partial charge in [-0.3, -0.25) is 14.6 Å². The Balaban J connectivity index is 1.68. The van der Waals surface area contributed by atoms with Gasteiger partial charge in [0.25, 0.3) is 0 Å². The van der Waals surface area contributed by atoms with Crippen LogP contribution in [0, 0.1) is 11.3 Å². The van der Waals surface area contributed by atoms with E-state index < -0.39 is 0 Å². The highest BCUT2D eigenvalue weighted by molar-refractivity contribution is 5.85. The first-order chi connectivity index (χ1) is 12.5. The van der Waals surface area contributed by atoms with E-state index in [-0.39, 0.29) is 23.1 Å². The minimum atomic E-state index is -0.308. The summed E-state index contributed by atoms with van der Waals surface area (Å²) in [5, 5.41) is 9.60. The average Bonchev–Trinajstić information content (AvgIpc) is 3.05. The Labute approximate surface area is 157 Å². The van der Waals surface area contributed by atoms with Crippen molar-refractivity contribution in [1.82, 2.24) is 20.9 Å². The zero-order chi connectivity index (χ0) is 19.0. The number of nitrogens with one attached hydrogen (secondary N) is 3. The molecule has 7 heteroatoms. The first kappa shape index (κ1) is 20.5. The fourth-order valence-electron chi connectivity index (χ4n) is 3.79. The normalized spacial score (nSPS) is 19.6. The molecule has 0 aromatic heterocycles. The van der Waals surface area contributed by atoms with Gasteiger partial charge in [0.15, 0.2) is 5.96 Å². The second kappa shape index (κ2) is 9.78. The van der Waals surface area contributed by atoms with Crippen LogP contribution in [0.1, 0.15) is 51.4 Å². The van der Waals surface area contributed by atoms with Crippen LogP contribution in [0.4, 0.5) is 0 Å². The van der Waals surface area contributed by atoms with Crippen molar-refractivity contribution in [1.29, 1.82) is 0 Å². The number of hydrogen-bond acceptors (Lipinski definition) is 3.